The molecule has 0 aliphatic heterocycles. The van der Waals surface area contributed by atoms with Crippen molar-refractivity contribution in [3.05, 3.63) is 20.8 Å². The second kappa shape index (κ2) is 4.22. The van der Waals surface area contributed by atoms with Crippen molar-refractivity contribution in [3.8, 4) is 11.3 Å². The quantitative estimate of drug-likeness (QED) is 0.920. The molecular weight excluding hydrogens is 286 g/mol. The fourth-order valence-corrected chi connectivity index (χ4v) is 2.91. The fourth-order valence-electron chi connectivity index (χ4n) is 1.77. The van der Waals surface area contributed by atoms with Crippen LogP contribution in [0.1, 0.15) is 25.3 Å². The van der Waals surface area contributed by atoms with Crippen molar-refractivity contribution in [2.45, 2.75) is 19.8 Å². The molecular formula is C11H14BrN3S. The lowest BCUT2D eigenvalue weighted by Gasteiger charge is -2.05. The molecule has 2 N–H and O–H groups in total. The maximum Gasteiger partial charge on any atom is 0.125 e. The van der Waals surface area contributed by atoms with E-state index in [1.54, 1.807) is 16.0 Å². The highest BCUT2D eigenvalue weighted by atomic mass is 79.9. The molecule has 2 heterocycles. The molecule has 2 rings (SSSR count). The van der Waals surface area contributed by atoms with Crippen LogP contribution in [0.3, 0.4) is 0 Å². The van der Waals surface area contributed by atoms with E-state index in [1.165, 1.54) is 0 Å². The summed E-state index contributed by atoms with van der Waals surface area (Å²) in [7, 11) is 1.88. The van der Waals surface area contributed by atoms with Gasteiger partial charge in [-0.1, -0.05) is 13.8 Å². The number of anilines is 1. The number of rotatable bonds is 2. The topological polar surface area (TPSA) is 43.8 Å². The van der Waals surface area contributed by atoms with Gasteiger partial charge in [0.1, 0.15) is 5.82 Å². The molecule has 5 heteroatoms. The molecule has 0 amide bonds. The molecule has 0 fully saturated rings. The van der Waals surface area contributed by atoms with Gasteiger partial charge in [0.05, 0.1) is 9.48 Å². The summed E-state index contributed by atoms with van der Waals surface area (Å²) >= 11 is 5.13. The molecule has 16 heavy (non-hydrogen) atoms. The summed E-state index contributed by atoms with van der Waals surface area (Å²) in [6, 6.07) is 2.08. The molecule has 0 aliphatic carbocycles. The molecule has 0 aromatic carbocycles. The Bertz CT molecular complexity index is 513. The number of nitrogens with zero attached hydrogens (tertiary/aromatic N) is 2. The van der Waals surface area contributed by atoms with E-state index in [2.05, 4.69) is 46.3 Å². The van der Waals surface area contributed by atoms with Crippen molar-refractivity contribution in [2.75, 3.05) is 5.73 Å². The highest BCUT2D eigenvalue weighted by Crippen LogP contribution is 2.35. The van der Waals surface area contributed by atoms with Gasteiger partial charge in [-0.2, -0.15) is 5.10 Å². The second-order valence-electron chi connectivity index (χ2n) is 4.07. The minimum absolute atomic E-state index is 0.377. The molecule has 86 valence electrons. The van der Waals surface area contributed by atoms with E-state index in [0.29, 0.717) is 5.92 Å². The van der Waals surface area contributed by atoms with Crippen molar-refractivity contribution in [1.29, 1.82) is 0 Å². The van der Waals surface area contributed by atoms with E-state index in [9.17, 15) is 0 Å². The Hall–Kier alpha value is -0.810. The minimum Gasteiger partial charge on any atom is -0.384 e. The van der Waals surface area contributed by atoms with Crippen molar-refractivity contribution in [1.82, 2.24) is 9.78 Å². The zero-order valence-corrected chi connectivity index (χ0v) is 11.9. The Balaban J connectivity index is 2.60. The zero-order valence-electron chi connectivity index (χ0n) is 9.49. The van der Waals surface area contributed by atoms with Crippen LogP contribution in [-0.4, -0.2) is 9.78 Å². The summed E-state index contributed by atoms with van der Waals surface area (Å²) < 4.78 is 2.86. The first kappa shape index (κ1) is 11.7. The summed E-state index contributed by atoms with van der Waals surface area (Å²) in [4.78, 5) is 0. The summed E-state index contributed by atoms with van der Waals surface area (Å²) in [5.41, 5.74) is 9.30. The summed E-state index contributed by atoms with van der Waals surface area (Å²) in [6.07, 6.45) is 0. The largest absolute Gasteiger partial charge is 0.384 e. The van der Waals surface area contributed by atoms with Gasteiger partial charge in [-0.3, -0.25) is 4.68 Å². The van der Waals surface area contributed by atoms with Gasteiger partial charge in [-0.25, -0.2) is 0 Å². The number of aromatic nitrogens is 2. The van der Waals surface area contributed by atoms with Crippen molar-refractivity contribution in [3.63, 3.8) is 0 Å². The lowest BCUT2D eigenvalue weighted by molar-refractivity contribution is 0.780. The molecule has 0 spiro atoms. The number of thiophene rings is 1. The van der Waals surface area contributed by atoms with Gasteiger partial charge in [-0.15, -0.1) is 11.3 Å². The monoisotopic (exact) mass is 299 g/mol. The molecule has 0 bridgehead atoms. The Morgan fingerprint density at radius 1 is 1.50 bits per heavy atom. The zero-order chi connectivity index (χ0) is 11.9. The molecule has 0 saturated heterocycles. The molecule has 0 atom stereocenters. The van der Waals surface area contributed by atoms with Crippen LogP contribution in [0.5, 0.6) is 0 Å². The van der Waals surface area contributed by atoms with Gasteiger partial charge in [0.25, 0.3) is 0 Å². The first-order valence-electron chi connectivity index (χ1n) is 5.07. The third-order valence-electron chi connectivity index (χ3n) is 2.55. The smallest absolute Gasteiger partial charge is 0.125 e. The van der Waals surface area contributed by atoms with E-state index in [0.717, 1.165) is 26.4 Å². The normalized spacial score (nSPS) is 11.3. The molecule has 3 nitrogen and oxygen atoms in total. The predicted octanol–water partition coefficient (Wildman–Crippen LogP) is 3.62. The van der Waals surface area contributed by atoms with E-state index in [1.807, 2.05) is 7.05 Å². The van der Waals surface area contributed by atoms with Gasteiger partial charge in [0.2, 0.25) is 0 Å². The molecule has 0 unspecified atom stereocenters. The Morgan fingerprint density at radius 2 is 2.19 bits per heavy atom. The average Bonchev–Trinajstić information content (AvgIpc) is 2.73. The number of aryl methyl sites for hydroxylation is 1. The summed E-state index contributed by atoms with van der Waals surface area (Å²) in [5.74, 6) is 1.13. The number of nitrogen functional groups attached to an aromatic ring is 1. The van der Waals surface area contributed by atoms with Gasteiger partial charge in [0.15, 0.2) is 0 Å². The van der Waals surface area contributed by atoms with Crippen LogP contribution in [0.15, 0.2) is 15.2 Å². The molecule has 0 aliphatic rings. The van der Waals surface area contributed by atoms with E-state index >= 15 is 0 Å². The molecule has 0 radical (unpaired) electrons. The third kappa shape index (κ3) is 1.89. The molecule has 0 saturated carbocycles. The second-order valence-corrected chi connectivity index (χ2v) is 6.36. The van der Waals surface area contributed by atoms with Gasteiger partial charge >= 0.3 is 0 Å². The first-order valence-corrected chi connectivity index (χ1v) is 6.74. The third-order valence-corrected chi connectivity index (χ3v) is 4.05. The van der Waals surface area contributed by atoms with Crippen LogP contribution >= 0.6 is 27.3 Å². The number of hydrogen-bond acceptors (Lipinski definition) is 3. The molecule has 2 aromatic heterocycles. The fraction of sp³-hybridized carbons (Fsp3) is 0.364. The number of hydrogen-bond donors (Lipinski definition) is 1. The van der Waals surface area contributed by atoms with Gasteiger partial charge < -0.3 is 5.73 Å². The highest BCUT2D eigenvalue weighted by molar-refractivity contribution is 9.11. The SMILES string of the molecule is CC(C)c1c(-c2csc(Br)c2)nn(C)c1N. The predicted molar refractivity (Wildman–Crippen MR) is 72.7 cm³/mol. The van der Waals surface area contributed by atoms with Gasteiger partial charge in [-0.05, 0) is 27.9 Å². The lowest BCUT2D eigenvalue weighted by Crippen LogP contribution is -2.00. The van der Waals surface area contributed by atoms with Crippen LogP contribution in [0.2, 0.25) is 0 Å². The van der Waals surface area contributed by atoms with Crippen molar-refractivity contribution >= 4 is 33.1 Å². The maximum atomic E-state index is 6.04. The Labute approximate surface area is 107 Å². The van der Waals surface area contributed by atoms with Crippen LogP contribution in [0.25, 0.3) is 11.3 Å². The Morgan fingerprint density at radius 3 is 2.69 bits per heavy atom. The Kier molecular flexibility index (Phi) is 3.08. The van der Waals surface area contributed by atoms with E-state index in [-0.39, 0.29) is 0 Å². The van der Waals surface area contributed by atoms with Crippen LogP contribution in [-0.2, 0) is 7.05 Å². The van der Waals surface area contributed by atoms with Gasteiger partial charge in [0, 0.05) is 23.6 Å². The van der Waals surface area contributed by atoms with E-state index in [4.69, 9.17) is 5.73 Å². The lowest BCUT2D eigenvalue weighted by atomic mass is 10.0. The van der Waals surface area contributed by atoms with Crippen molar-refractivity contribution in [2.24, 2.45) is 7.05 Å². The standard InChI is InChI=1S/C11H14BrN3S/c1-6(2)9-10(14-15(3)11(9)13)7-4-8(12)16-5-7/h4-6H,13H2,1-3H3. The van der Waals surface area contributed by atoms with Crippen molar-refractivity contribution < 1.29 is 0 Å². The molecule has 2 aromatic rings. The number of nitrogens with two attached hydrogens (primary N) is 1. The first-order chi connectivity index (χ1) is 7.50. The van der Waals surface area contributed by atoms with Crippen LogP contribution in [0.4, 0.5) is 5.82 Å². The number of halogens is 1. The van der Waals surface area contributed by atoms with Crippen LogP contribution < -0.4 is 5.73 Å². The van der Waals surface area contributed by atoms with Crippen LogP contribution in [0, 0.1) is 0 Å². The minimum atomic E-state index is 0.377. The summed E-state index contributed by atoms with van der Waals surface area (Å²) in [6.45, 7) is 4.27. The maximum absolute atomic E-state index is 6.04. The van der Waals surface area contributed by atoms with E-state index < -0.39 is 0 Å². The summed E-state index contributed by atoms with van der Waals surface area (Å²) in [5, 5.41) is 6.59. The average molecular weight is 300 g/mol. The highest BCUT2D eigenvalue weighted by Gasteiger charge is 2.18.